The minimum absolute atomic E-state index is 0.0918. The first-order valence-electron chi connectivity index (χ1n) is 9.35. The Hall–Kier alpha value is -2.28. The van der Waals surface area contributed by atoms with Gasteiger partial charge in [-0.3, -0.25) is 9.69 Å². The molecule has 1 saturated carbocycles. The summed E-state index contributed by atoms with van der Waals surface area (Å²) in [5.74, 6) is 2.15. The van der Waals surface area contributed by atoms with Crippen LogP contribution in [-0.2, 0) is 19.5 Å². The van der Waals surface area contributed by atoms with Crippen LogP contribution >= 0.6 is 0 Å². The molecule has 1 saturated heterocycles. The summed E-state index contributed by atoms with van der Waals surface area (Å²) in [7, 11) is 0. The molecule has 0 radical (unpaired) electrons. The number of carbonyl (C=O) groups is 1. The molecule has 2 aliphatic heterocycles. The number of nitrogens with zero attached hydrogens (tertiary/aromatic N) is 4. The summed E-state index contributed by atoms with van der Waals surface area (Å²) in [6.07, 6.45) is 3.00. The molecule has 1 aromatic carbocycles. The molecule has 0 bridgehead atoms. The van der Waals surface area contributed by atoms with E-state index in [0.717, 1.165) is 56.8 Å². The fraction of sp³-hybridized carbons (Fsp3) is 0.526. The smallest absolute Gasteiger partial charge is 0.289 e. The molecule has 7 heteroatoms. The number of hydrogen-bond donors (Lipinski definition) is 1. The molecule has 6 nitrogen and oxygen atoms in total. The predicted molar refractivity (Wildman–Crippen MR) is 92.9 cm³/mol. The Labute approximate surface area is 151 Å². The zero-order chi connectivity index (χ0) is 17.7. The summed E-state index contributed by atoms with van der Waals surface area (Å²) in [4.78, 5) is 14.8. The van der Waals surface area contributed by atoms with E-state index in [-0.39, 0.29) is 11.7 Å². The van der Waals surface area contributed by atoms with Crippen molar-refractivity contribution in [1.29, 1.82) is 0 Å². The Balaban J connectivity index is 1.27. The van der Waals surface area contributed by atoms with Gasteiger partial charge in [-0.25, -0.2) is 4.39 Å². The average molecular weight is 355 g/mol. The van der Waals surface area contributed by atoms with E-state index in [1.54, 1.807) is 0 Å². The van der Waals surface area contributed by atoms with Crippen LogP contribution < -0.4 is 5.32 Å². The van der Waals surface area contributed by atoms with Gasteiger partial charge in [0.15, 0.2) is 0 Å². The molecule has 1 aromatic heterocycles. The number of fused-ring (bicyclic) bond motifs is 2. The highest BCUT2D eigenvalue weighted by molar-refractivity contribution is 5.91. The van der Waals surface area contributed by atoms with Gasteiger partial charge in [-0.2, -0.15) is 0 Å². The normalized spacial score (nSPS) is 25.0. The summed E-state index contributed by atoms with van der Waals surface area (Å²) in [6, 6.07) is 7.07. The Morgan fingerprint density at radius 3 is 2.65 bits per heavy atom. The van der Waals surface area contributed by atoms with Crippen LogP contribution in [0, 0.1) is 17.7 Å². The Morgan fingerprint density at radius 1 is 1.12 bits per heavy atom. The van der Waals surface area contributed by atoms with Crippen LogP contribution in [0.1, 0.15) is 34.8 Å². The molecule has 1 aliphatic carbocycles. The minimum Gasteiger partial charge on any atom is -0.347 e. The van der Waals surface area contributed by atoms with Gasteiger partial charge in [0.05, 0.1) is 0 Å². The molecule has 2 aromatic rings. The standard InChI is InChI=1S/C19H22FN5O/c20-15-3-1-12(2-4-15)8-24-9-13-7-17-22-23-18(19(26)21-16-5-6-16)25(17)11-14(13)10-24/h1-4,13-14,16H,5-11H2,(H,21,26)/t13-,14+/m0/s1. The van der Waals surface area contributed by atoms with Crippen LogP contribution in [0.25, 0.3) is 0 Å². The van der Waals surface area contributed by atoms with Crippen LogP contribution in [0.5, 0.6) is 0 Å². The molecule has 1 amide bonds. The highest BCUT2D eigenvalue weighted by Crippen LogP contribution is 2.33. The van der Waals surface area contributed by atoms with Crippen molar-refractivity contribution in [3.8, 4) is 0 Å². The Kier molecular flexibility index (Phi) is 3.77. The highest BCUT2D eigenvalue weighted by Gasteiger charge is 2.39. The molecule has 2 atom stereocenters. The summed E-state index contributed by atoms with van der Waals surface area (Å²) in [5, 5.41) is 11.4. The average Bonchev–Trinajstić information content (AvgIpc) is 3.20. The first kappa shape index (κ1) is 15.9. The van der Waals surface area contributed by atoms with Gasteiger partial charge in [-0.1, -0.05) is 12.1 Å². The maximum absolute atomic E-state index is 13.1. The third-order valence-corrected chi connectivity index (χ3v) is 5.78. The van der Waals surface area contributed by atoms with E-state index < -0.39 is 0 Å². The summed E-state index contributed by atoms with van der Waals surface area (Å²) in [6.45, 7) is 3.64. The van der Waals surface area contributed by atoms with Gasteiger partial charge in [-0.05, 0) is 42.4 Å². The molecule has 1 N–H and O–H groups in total. The molecule has 26 heavy (non-hydrogen) atoms. The molecular weight excluding hydrogens is 333 g/mol. The summed E-state index contributed by atoms with van der Waals surface area (Å²) >= 11 is 0. The van der Waals surface area contributed by atoms with Crippen molar-refractivity contribution in [1.82, 2.24) is 25.0 Å². The van der Waals surface area contributed by atoms with E-state index in [4.69, 9.17) is 0 Å². The van der Waals surface area contributed by atoms with Gasteiger partial charge >= 0.3 is 0 Å². The second kappa shape index (κ2) is 6.16. The van der Waals surface area contributed by atoms with Gasteiger partial charge in [-0.15, -0.1) is 10.2 Å². The SMILES string of the molecule is O=C(NC1CC1)c1nnc2n1C[C@H]1CN(Cc3ccc(F)cc3)C[C@@H]1C2. The molecule has 0 unspecified atom stereocenters. The van der Waals surface area contributed by atoms with E-state index in [1.165, 1.54) is 12.1 Å². The Morgan fingerprint density at radius 2 is 1.88 bits per heavy atom. The number of hydrogen-bond acceptors (Lipinski definition) is 4. The number of aromatic nitrogens is 3. The van der Waals surface area contributed by atoms with E-state index in [0.29, 0.717) is 23.7 Å². The van der Waals surface area contributed by atoms with Crippen LogP contribution in [0.15, 0.2) is 24.3 Å². The minimum atomic E-state index is -0.196. The molecule has 3 aliphatic rings. The molecule has 136 valence electrons. The lowest BCUT2D eigenvalue weighted by atomic mass is 9.89. The maximum atomic E-state index is 13.1. The van der Waals surface area contributed by atoms with Crippen LogP contribution in [0.3, 0.4) is 0 Å². The van der Waals surface area contributed by atoms with Gasteiger partial charge in [0.1, 0.15) is 11.6 Å². The van der Waals surface area contributed by atoms with Gasteiger partial charge < -0.3 is 9.88 Å². The van der Waals surface area contributed by atoms with Crippen molar-refractivity contribution in [2.75, 3.05) is 13.1 Å². The fourth-order valence-corrected chi connectivity index (χ4v) is 4.24. The lowest BCUT2D eigenvalue weighted by molar-refractivity contribution is 0.0932. The molecule has 0 spiro atoms. The predicted octanol–water partition coefficient (Wildman–Crippen LogP) is 1.61. The van der Waals surface area contributed by atoms with E-state index in [9.17, 15) is 9.18 Å². The van der Waals surface area contributed by atoms with Gasteiger partial charge in [0, 0.05) is 38.6 Å². The number of nitrogens with one attached hydrogen (secondary N) is 1. The number of benzene rings is 1. The lowest BCUT2D eigenvalue weighted by Gasteiger charge is -2.25. The fourth-order valence-electron chi connectivity index (χ4n) is 4.24. The van der Waals surface area contributed by atoms with Gasteiger partial charge in [0.2, 0.25) is 5.82 Å². The van der Waals surface area contributed by atoms with Crippen molar-refractivity contribution >= 4 is 5.91 Å². The molecule has 5 rings (SSSR count). The van der Waals surface area contributed by atoms with E-state index >= 15 is 0 Å². The zero-order valence-corrected chi connectivity index (χ0v) is 14.6. The monoisotopic (exact) mass is 355 g/mol. The van der Waals surface area contributed by atoms with Crippen molar-refractivity contribution in [3.05, 3.63) is 47.3 Å². The first-order chi connectivity index (χ1) is 12.7. The topological polar surface area (TPSA) is 63.1 Å². The zero-order valence-electron chi connectivity index (χ0n) is 14.6. The second-order valence-electron chi connectivity index (χ2n) is 7.84. The number of carbonyl (C=O) groups excluding carboxylic acids is 1. The first-order valence-corrected chi connectivity index (χ1v) is 9.35. The van der Waals surface area contributed by atoms with Gasteiger partial charge in [0.25, 0.3) is 5.91 Å². The molecule has 2 fully saturated rings. The van der Waals surface area contributed by atoms with E-state index in [2.05, 4.69) is 20.4 Å². The highest BCUT2D eigenvalue weighted by atomic mass is 19.1. The third kappa shape index (κ3) is 3.00. The number of likely N-dealkylation sites (tertiary alicyclic amines) is 1. The van der Waals surface area contributed by atoms with Crippen LogP contribution in [-0.4, -0.2) is 44.7 Å². The lowest BCUT2D eigenvalue weighted by Crippen LogP contribution is -2.33. The largest absolute Gasteiger partial charge is 0.347 e. The van der Waals surface area contributed by atoms with Crippen LogP contribution in [0.4, 0.5) is 4.39 Å². The Bertz CT molecular complexity index is 829. The van der Waals surface area contributed by atoms with Crippen LogP contribution in [0.2, 0.25) is 0 Å². The molecular formula is C19H22FN5O. The van der Waals surface area contributed by atoms with Crippen molar-refractivity contribution in [2.45, 2.75) is 38.4 Å². The number of halogens is 1. The third-order valence-electron chi connectivity index (χ3n) is 5.78. The number of rotatable bonds is 4. The van der Waals surface area contributed by atoms with Crippen molar-refractivity contribution in [2.24, 2.45) is 11.8 Å². The van der Waals surface area contributed by atoms with Crippen molar-refractivity contribution in [3.63, 3.8) is 0 Å². The summed E-state index contributed by atoms with van der Waals surface area (Å²) in [5.41, 5.74) is 1.13. The van der Waals surface area contributed by atoms with Crippen molar-refractivity contribution < 1.29 is 9.18 Å². The quantitative estimate of drug-likeness (QED) is 0.905. The molecule has 3 heterocycles. The number of amides is 1. The summed E-state index contributed by atoms with van der Waals surface area (Å²) < 4.78 is 15.1. The van der Waals surface area contributed by atoms with E-state index in [1.807, 2.05) is 16.7 Å². The maximum Gasteiger partial charge on any atom is 0.289 e. The second-order valence-corrected chi connectivity index (χ2v) is 7.84.